The van der Waals surface area contributed by atoms with Crippen LogP contribution in [0.3, 0.4) is 0 Å². The average molecular weight is 339 g/mol. The van der Waals surface area contributed by atoms with E-state index in [1.54, 1.807) is 4.90 Å². The van der Waals surface area contributed by atoms with Crippen LogP contribution < -0.4 is 5.32 Å². The second-order valence-corrected chi connectivity index (χ2v) is 7.57. The monoisotopic (exact) mass is 339 g/mol. The highest BCUT2D eigenvalue weighted by Crippen LogP contribution is 2.30. The molecule has 2 fully saturated rings. The van der Waals surface area contributed by atoms with Gasteiger partial charge >= 0.3 is 0 Å². The zero-order valence-corrected chi connectivity index (χ0v) is 15.5. The SMILES string of the molecule is CC(C)CCNC(=O)[C@@]1(C)CCC(=O)N1CCCN1CCOCC1. The minimum atomic E-state index is -0.681. The molecule has 0 spiro atoms. The van der Waals surface area contributed by atoms with Gasteiger partial charge in [0.1, 0.15) is 5.54 Å². The third kappa shape index (κ3) is 4.93. The van der Waals surface area contributed by atoms with Crippen molar-refractivity contribution < 1.29 is 14.3 Å². The zero-order chi connectivity index (χ0) is 17.6. The van der Waals surface area contributed by atoms with E-state index in [-0.39, 0.29) is 11.8 Å². The molecular formula is C18H33N3O3. The quantitative estimate of drug-likeness (QED) is 0.723. The lowest BCUT2D eigenvalue weighted by atomic mass is 9.97. The molecule has 2 amide bonds. The molecule has 0 radical (unpaired) electrons. The number of rotatable bonds is 8. The fourth-order valence-corrected chi connectivity index (χ4v) is 3.45. The molecule has 0 aromatic heterocycles. The van der Waals surface area contributed by atoms with Gasteiger partial charge in [0.2, 0.25) is 11.8 Å². The third-order valence-corrected chi connectivity index (χ3v) is 5.18. The molecule has 6 heteroatoms. The number of nitrogens with one attached hydrogen (secondary N) is 1. The highest BCUT2D eigenvalue weighted by Gasteiger charge is 2.46. The van der Waals surface area contributed by atoms with Gasteiger partial charge in [0.15, 0.2) is 0 Å². The van der Waals surface area contributed by atoms with E-state index in [2.05, 4.69) is 24.1 Å². The number of carbonyl (C=O) groups is 2. The standard InChI is InChI=1S/C18H33N3O3/c1-15(2)6-8-19-17(23)18(3)7-5-16(22)21(18)10-4-9-20-11-13-24-14-12-20/h15H,4-14H2,1-3H3,(H,19,23)/t18-/m1/s1. The van der Waals surface area contributed by atoms with Crippen LogP contribution in [0.4, 0.5) is 0 Å². The van der Waals surface area contributed by atoms with Gasteiger partial charge in [-0.1, -0.05) is 13.8 Å². The zero-order valence-electron chi connectivity index (χ0n) is 15.5. The van der Waals surface area contributed by atoms with Gasteiger partial charge in [-0.2, -0.15) is 0 Å². The van der Waals surface area contributed by atoms with Crippen molar-refractivity contribution in [3.05, 3.63) is 0 Å². The summed E-state index contributed by atoms with van der Waals surface area (Å²) in [4.78, 5) is 29.1. The van der Waals surface area contributed by atoms with E-state index in [9.17, 15) is 9.59 Å². The summed E-state index contributed by atoms with van der Waals surface area (Å²) in [6.45, 7) is 12.0. The van der Waals surface area contributed by atoms with E-state index in [0.29, 0.717) is 31.8 Å². The Bertz CT molecular complexity index is 435. The lowest BCUT2D eigenvalue weighted by Gasteiger charge is -2.35. The van der Waals surface area contributed by atoms with E-state index < -0.39 is 5.54 Å². The maximum Gasteiger partial charge on any atom is 0.245 e. The van der Waals surface area contributed by atoms with Crippen LogP contribution in [-0.2, 0) is 14.3 Å². The second-order valence-electron chi connectivity index (χ2n) is 7.57. The molecule has 138 valence electrons. The Labute approximate surface area is 145 Å². The fraction of sp³-hybridized carbons (Fsp3) is 0.889. The first-order valence-electron chi connectivity index (χ1n) is 9.32. The molecule has 2 aliphatic heterocycles. The van der Waals surface area contributed by atoms with Crippen molar-refractivity contribution in [2.45, 2.75) is 52.0 Å². The molecule has 1 atom stereocenters. The van der Waals surface area contributed by atoms with Gasteiger partial charge in [-0.25, -0.2) is 0 Å². The Kier molecular flexibility index (Phi) is 7.04. The van der Waals surface area contributed by atoms with Gasteiger partial charge in [-0.3, -0.25) is 14.5 Å². The molecule has 6 nitrogen and oxygen atoms in total. The molecule has 0 unspecified atom stereocenters. The number of amides is 2. The number of hydrogen-bond donors (Lipinski definition) is 1. The van der Waals surface area contributed by atoms with Gasteiger partial charge in [-0.05, 0) is 32.1 Å². The molecule has 2 heterocycles. The fourth-order valence-electron chi connectivity index (χ4n) is 3.45. The summed E-state index contributed by atoms with van der Waals surface area (Å²) in [6, 6.07) is 0. The minimum Gasteiger partial charge on any atom is -0.379 e. The molecule has 0 aromatic rings. The van der Waals surface area contributed by atoms with E-state index >= 15 is 0 Å². The van der Waals surface area contributed by atoms with Crippen molar-refractivity contribution in [2.24, 2.45) is 5.92 Å². The maximum absolute atomic E-state index is 12.6. The van der Waals surface area contributed by atoms with Crippen LogP contribution in [0.5, 0.6) is 0 Å². The molecule has 24 heavy (non-hydrogen) atoms. The van der Waals surface area contributed by atoms with Crippen molar-refractivity contribution in [1.82, 2.24) is 15.1 Å². The largest absolute Gasteiger partial charge is 0.379 e. The van der Waals surface area contributed by atoms with Gasteiger partial charge in [0.05, 0.1) is 13.2 Å². The van der Waals surface area contributed by atoms with Crippen molar-refractivity contribution in [3.8, 4) is 0 Å². The Morgan fingerprint density at radius 2 is 2.00 bits per heavy atom. The summed E-state index contributed by atoms with van der Waals surface area (Å²) < 4.78 is 5.36. The smallest absolute Gasteiger partial charge is 0.245 e. The summed E-state index contributed by atoms with van der Waals surface area (Å²) in [5.74, 6) is 0.673. The summed E-state index contributed by atoms with van der Waals surface area (Å²) in [5, 5.41) is 3.03. The molecule has 0 aromatic carbocycles. The molecular weight excluding hydrogens is 306 g/mol. The molecule has 0 aliphatic carbocycles. The topological polar surface area (TPSA) is 61.9 Å². The van der Waals surface area contributed by atoms with E-state index in [0.717, 1.165) is 45.7 Å². The van der Waals surface area contributed by atoms with Crippen molar-refractivity contribution >= 4 is 11.8 Å². The van der Waals surface area contributed by atoms with Crippen LogP contribution in [0.15, 0.2) is 0 Å². The number of carbonyl (C=O) groups excluding carboxylic acids is 2. The molecule has 0 bridgehead atoms. The molecule has 2 rings (SSSR count). The first kappa shape index (κ1) is 19.2. The van der Waals surface area contributed by atoms with Crippen molar-refractivity contribution in [2.75, 3.05) is 45.9 Å². The van der Waals surface area contributed by atoms with Gasteiger partial charge in [-0.15, -0.1) is 0 Å². The highest BCUT2D eigenvalue weighted by atomic mass is 16.5. The third-order valence-electron chi connectivity index (χ3n) is 5.18. The lowest BCUT2D eigenvalue weighted by molar-refractivity contribution is -0.140. The summed E-state index contributed by atoms with van der Waals surface area (Å²) in [5.41, 5.74) is -0.681. The van der Waals surface area contributed by atoms with E-state index in [1.807, 2.05) is 6.92 Å². The van der Waals surface area contributed by atoms with Gasteiger partial charge in [0, 0.05) is 39.1 Å². The Balaban J connectivity index is 1.83. The van der Waals surface area contributed by atoms with Crippen molar-refractivity contribution in [3.63, 3.8) is 0 Å². The highest BCUT2D eigenvalue weighted by molar-refractivity contribution is 5.94. The van der Waals surface area contributed by atoms with E-state index in [1.165, 1.54) is 0 Å². The molecule has 2 saturated heterocycles. The molecule has 1 N–H and O–H groups in total. The van der Waals surface area contributed by atoms with Crippen LogP contribution in [0.25, 0.3) is 0 Å². The van der Waals surface area contributed by atoms with Crippen molar-refractivity contribution in [1.29, 1.82) is 0 Å². The van der Waals surface area contributed by atoms with Crippen LogP contribution in [0.2, 0.25) is 0 Å². The second kappa shape index (κ2) is 8.81. The normalized spacial score (nSPS) is 25.5. The summed E-state index contributed by atoms with van der Waals surface area (Å²) >= 11 is 0. The maximum atomic E-state index is 12.6. The lowest BCUT2D eigenvalue weighted by Crippen LogP contribution is -2.55. The number of hydrogen-bond acceptors (Lipinski definition) is 4. The van der Waals surface area contributed by atoms with Crippen LogP contribution >= 0.6 is 0 Å². The Morgan fingerprint density at radius 1 is 1.29 bits per heavy atom. The summed E-state index contributed by atoms with van der Waals surface area (Å²) in [6.07, 6.45) is 2.97. The van der Waals surface area contributed by atoms with Crippen LogP contribution in [0, 0.1) is 5.92 Å². The first-order chi connectivity index (χ1) is 11.4. The number of likely N-dealkylation sites (tertiary alicyclic amines) is 1. The predicted molar refractivity (Wildman–Crippen MR) is 93.7 cm³/mol. The summed E-state index contributed by atoms with van der Waals surface area (Å²) in [7, 11) is 0. The Hall–Kier alpha value is -1.14. The van der Waals surface area contributed by atoms with Gasteiger partial charge in [0.25, 0.3) is 0 Å². The predicted octanol–water partition coefficient (Wildman–Crippen LogP) is 1.25. The minimum absolute atomic E-state index is 0.000345. The Morgan fingerprint density at radius 3 is 2.67 bits per heavy atom. The number of morpholine rings is 1. The van der Waals surface area contributed by atoms with Crippen LogP contribution in [0.1, 0.15) is 46.5 Å². The average Bonchev–Trinajstić information content (AvgIpc) is 2.85. The number of nitrogens with zero attached hydrogens (tertiary/aromatic N) is 2. The van der Waals surface area contributed by atoms with E-state index in [4.69, 9.17) is 4.74 Å². The van der Waals surface area contributed by atoms with Crippen LogP contribution in [-0.4, -0.2) is 73.1 Å². The molecule has 0 saturated carbocycles. The molecule has 2 aliphatic rings. The number of ether oxygens (including phenoxy) is 1. The first-order valence-corrected chi connectivity index (χ1v) is 9.32. The van der Waals surface area contributed by atoms with Gasteiger partial charge < -0.3 is 15.0 Å².